The van der Waals surface area contributed by atoms with E-state index < -0.39 is 4.92 Å². The van der Waals surface area contributed by atoms with Crippen molar-refractivity contribution in [3.05, 3.63) is 51.6 Å². The Balaban J connectivity index is 2.54. The topological polar surface area (TPSA) is 148 Å². The summed E-state index contributed by atoms with van der Waals surface area (Å²) in [5.41, 5.74) is 0.924. The summed E-state index contributed by atoms with van der Waals surface area (Å²) in [5.74, 6) is -0.290. The van der Waals surface area contributed by atoms with Crippen molar-refractivity contribution in [3.8, 4) is 12.1 Å². The lowest BCUT2D eigenvalue weighted by atomic mass is 10.1. The van der Waals surface area contributed by atoms with Gasteiger partial charge in [-0.05, 0) is 31.0 Å². The Labute approximate surface area is 185 Å². The van der Waals surface area contributed by atoms with Gasteiger partial charge in [-0.2, -0.15) is 10.5 Å². The predicted octanol–water partition coefficient (Wildman–Crippen LogP) is 5.34. The fraction of sp³-hybridized carbons (Fsp3) is 0.318. The molecule has 0 fully saturated rings. The Morgan fingerprint density at radius 1 is 1.09 bits per heavy atom. The summed E-state index contributed by atoms with van der Waals surface area (Å²) in [6.07, 6.45) is 1.93. The van der Waals surface area contributed by atoms with Gasteiger partial charge in [0.15, 0.2) is 0 Å². The highest BCUT2D eigenvalue weighted by molar-refractivity contribution is 5.93. The Hall–Kier alpha value is -4.31. The number of hydrogen-bond donors (Lipinski definition) is 1. The lowest BCUT2D eigenvalue weighted by Crippen LogP contribution is -2.24. The Bertz CT molecular complexity index is 1090. The first-order valence-electron chi connectivity index (χ1n) is 10.1. The van der Waals surface area contributed by atoms with E-state index in [1.54, 1.807) is 12.1 Å². The van der Waals surface area contributed by atoms with Crippen molar-refractivity contribution in [1.82, 2.24) is 0 Å². The maximum atomic E-state index is 11.7. The highest BCUT2D eigenvalue weighted by Gasteiger charge is 2.17. The Morgan fingerprint density at radius 3 is 2.16 bits per heavy atom. The first-order valence-corrected chi connectivity index (χ1v) is 10.1. The monoisotopic (exact) mass is 433 g/mol. The zero-order valence-corrected chi connectivity index (χ0v) is 18.1. The van der Waals surface area contributed by atoms with Gasteiger partial charge in [0.05, 0.1) is 21.7 Å². The summed E-state index contributed by atoms with van der Waals surface area (Å²) in [7, 11) is 0. The number of non-ortho nitro benzene ring substituents is 1. The van der Waals surface area contributed by atoms with E-state index in [2.05, 4.69) is 34.3 Å². The van der Waals surface area contributed by atoms with Crippen LogP contribution >= 0.6 is 0 Å². The molecule has 0 unspecified atom stereocenters. The molecular formula is C22H23N7O3. The van der Waals surface area contributed by atoms with E-state index in [0.717, 1.165) is 43.8 Å². The van der Waals surface area contributed by atoms with E-state index in [0.29, 0.717) is 11.4 Å². The van der Waals surface area contributed by atoms with Gasteiger partial charge in [-0.15, -0.1) is 10.2 Å². The summed E-state index contributed by atoms with van der Waals surface area (Å²) >= 11 is 0. The van der Waals surface area contributed by atoms with Gasteiger partial charge in [-0.3, -0.25) is 14.9 Å². The number of anilines is 2. The molecule has 0 saturated heterocycles. The number of nitrogens with zero attached hydrogens (tertiary/aromatic N) is 6. The van der Waals surface area contributed by atoms with Gasteiger partial charge in [0.2, 0.25) is 5.91 Å². The van der Waals surface area contributed by atoms with Crippen LogP contribution in [-0.4, -0.2) is 23.9 Å². The predicted molar refractivity (Wildman–Crippen MR) is 120 cm³/mol. The molecule has 0 aliphatic rings. The number of carbonyl (C=O) groups is 1. The van der Waals surface area contributed by atoms with E-state index >= 15 is 0 Å². The van der Waals surface area contributed by atoms with Gasteiger partial charge in [0.1, 0.15) is 23.5 Å². The first kappa shape index (κ1) is 24.0. The van der Waals surface area contributed by atoms with Crippen molar-refractivity contribution >= 4 is 34.3 Å². The normalized spacial score (nSPS) is 10.4. The third-order valence-corrected chi connectivity index (χ3v) is 4.45. The molecule has 2 rings (SSSR count). The van der Waals surface area contributed by atoms with Crippen LogP contribution in [0.1, 0.15) is 44.7 Å². The van der Waals surface area contributed by atoms with E-state index in [9.17, 15) is 25.4 Å². The molecule has 0 aliphatic carbocycles. The molecule has 0 atom stereocenters. The largest absolute Gasteiger partial charge is 0.371 e. The summed E-state index contributed by atoms with van der Waals surface area (Å²) in [6, 6.07) is 11.1. The van der Waals surface area contributed by atoms with Gasteiger partial charge in [0.25, 0.3) is 5.69 Å². The number of hydrogen-bond acceptors (Lipinski definition) is 8. The molecule has 2 aromatic rings. The average Bonchev–Trinajstić information content (AvgIpc) is 2.77. The minimum absolute atomic E-state index is 0.0722. The number of benzene rings is 2. The molecule has 0 aromatic heterocycles. The lowest BCUT2D eigenvalue weighted by molar-refractivity contribution is -0.384. The van der Waals surface area contributed by atoms with Crippen molar-refractivity contribution in [2.75, 3.05) is 23.3 Å². The third kappa shape index (κ3) is 5.86. The second-order valence-corrected chi connectivity index (χ2v) is 6.94. The smallest absolute Gasteiger partial charge is 0.272 e. The average molecular weight is 433 g/mol. The molecule has 0 aliphatic heterocycles. The summed E-state index contributed by atoms with van der Waals surface area (Å²) in [6.45, 7) is 7.26. The molecule has 10 heteroatoms. The highest BCUT2D eigenvalue weighted by atomic mass is 16.6. The maximum absolute atomic E-state index is 11.7. The zero-order valence-electron chi connectivity index (χ0n) is 18.1. The number of nitro groups is 1. The molecular weight excluding hydrogens is 410 g/mol. The fourth-order valence-electron chi connectivity index (χ4n) is 3.11. The number of nitriles is 2. The van der Waals surface area contributed by atoms with Crippen LogP contribution in [0.25, 0.3) is 0 Å². The standard InChI is InChI=1S/C22H23N7O3/c1-4-8-28(9-5-2)18-6-7-20(21(12-18)25-15(3)30)26-27-22-16(13-23)10-19(29(31)32)11-17(22)14-24/h6-7,10-12H,4-5,8-9H2,1-3H3,(H,25,30). The number of nitrogens with one attached hydrogen (secondary N) is 1. The van der Waals surface area contributed by atoms with Crippen LogP contribution in [0.4, 0.5) is 28.4 Å². The molecule has 32 heavy (non-hydrogen) atoms. The maximum Gasteiger partial charge on any atom is 0.272 e. The van der Waals surface area contributed by atoms with Crippen LogP contribution in [0.5, 0.6) is 0 Å². The van der Waals surface area contributed by atoms with E-state index in [1.165, 1.54) is 6.92 Å². The number of amides is 1. The first-order chi connectivity index (χ1) is 15.3. The number of nitro benzene ring substituents is 1. The van der Waals surface area contributed by atoms with Crippen molar-refractivity contribution in [2.45, 2.75) is 33.6 Å². The quantitative estimate of drug-likeness (QED) is 0.320. The van der Waals surface area contributed by atoms with Crippen molar-refractivity contribution in [1.29, 1.82) is 10.5 Å². The minimum Gasteiger partial charge on any atom is -0.371 e. The molecule has 0 spiro atoms. The van der Waals surface area contributed by atoms with Gasteiger partial charge in [-0.25, -0.2) is 0 Å². The summed E-state index contributed by atoms with van der Waals surface area (Å²) in [5, 5.41) is 40.7. The van der Waals surface area contributed by atoms with Gasteiger partial charge < -0.3 is 10.2 Å². The molecule has 1 N–H and O–H groups in total. The van der Waals surface area contributed by atoms with E-state index in [1.807, 2.05) is 18.2 Å². The van der Waals surface area contributed by atoms with Crippen LogP contribution in [0, 0.1) is 32.8 Å². The minimum atomic E-state index is -0.686. The van der Waals surface area contributed by atoms with Gasteiger partial charge in [-0.1, -0.05) is 13.8 Å². The van der Waals surface area contributed by atoms with Gasteiger partial charge >= 0.3 is 0 Å². The number of azo groups is 1. The van der Waals surface area contributed by atoms with Crippen molar-refractivity contribution in [3.63, 3.8) is 0 Å². The van der Waals surface area contributed by atoms with Crippen LogP contribution in [0.2, 0.25) is 0 Å². The summed E-state index contributed by atoms with van der Waals surface area (Å²) < 4.78 is 0. The summed E-state index contributed by atoms with van der Waals surface area (Å²) in [4.78, 5) is 24.3. The third-order valence-electron chi connectivity index (χ3n) is 4.45. The Kier molecular flexibility index (Phi) is 8.37. The van der Waals surface area contributed by atoms with Crippen molar-refractivity contribution < 1.29 is 9.72 Å². The van der Waals surface area contributed by atoms with Gasteiger partial charge in [0, 0.05) is 37.8 Å². The van der Waals surface area contributed by atoms with E-state index in [4.69, 9.17) is 0 Å². The molecule has 1 amide bonds. The second kappa shape index (κ2) is 11.2. The Morgan fingerprint density at radius 2 is 1.69 bits per heavy atom. The highest BCUT2D eigenvalue weighted by Crippen LogP contribution is 2.34. The second-order valence-electron chi connectivity index (χ2n) is 6.94. The number of rotatable bonds is 9. The molecule has 10 nitrogen and oxygen atoms in total. The SMILES string of the molecule is CCCN(CCC)c1ccc(N=Nc2c(C#N)cc([N+](=O)[O-])cc2C#N)c(NC(C)=O)c1. The molecule has 0 saturated carbocycles. The molecule has 2 aromatic carbocycles. The van der Waals surface area contributed by atoms with Crippen molar-refractivity contribution in [2.24, 2.45) is 10.2 Å². The lowest BCUT2D eigenvalue weighted by Gasteiger charge is -2.24. The van der Waals surface area contributed by atoms with Crippen LogP contribution in [0.15, 0.2) is 40.6 Å². The van der Waals surface area contributed by atoms with Crippen LogP contribution < -0.4 is 10.2 Å². The van der Waals surface area contributed by atoms with E-state index in [-0.39, 0.29) is 28.4 Å². The molecule has 0 heterocycles. The van der Waals surface area contributed by atoms with Crippen LogP contribution in [0.3, 0.4) is 0 Å². The molecule has 0 bridgehead atoms. The molecule has 0 radical (unpaired) electrons. The fourth-order valence-corrected chi connectivity index (χ4v) is 3.11. The molecule has 164 valence electrons. The zero-order chi connectivity index (χ0) is 23.7. The number of carbonyl (C=O) groups excluding carboxylic acids is 1. The van der Waals surface area contributed by atoms with Crippen LogP contribution in [-0.2, 0) is 4.79 Å².